The van der Waals surface area contributed by atoms with E-state index in [1.54, 1.807) is 0 Å². The number of nitrogens with one attached hydrogen (secondary N) is 1. The fraction of sp³-hybridized carbons (Fsp3) is 0.357. The molecule has 2 aromatic heterocycles. The third kappa shape index (κ3) is 2.86. The van der Waals surface area contributed by atoms with Crippen molar-refractivity contribution in [3.05, 3.63) is 32.7 Å². The average molecular weight is 368 g/mol. The summed E-state index contributed by atoms with van der Waals surface area (Å²) in [5, 5.41) is 3.12. The second-order valence-corrected chi connectivity index (χ2v) is 5.52. The topological polar surface area (TPSA) is 50.7 Å². The van der Waals surface area contributed by atoms with Crippen molar-refractivity contribution in [3.8, 4) is 11.5 Å². The van der Waals surface area contributed by atoms with Gasteiger partial charge in [0.1, 0.15) is 11.5 Å². The van der Waals surface area contributed by atoms with Crippen LogP contribution >= 0.6 is 22.6 Å². The highest BCUT2D eigenvalue weighted by Gasteiger charge is 2.13. The Morgan fingerprint density at radius 3 is 2.58 bits per heavy atom. The Morgan fingerprint density at radius 1 is 1.26 bits per heavy atom. The van der Waals surface area contributed by atoms with Crippen LogP contribution in [-0.2, 0) is 6.42 Å². The van der Waals surface area contributed by atoms with Crippen molar-refractivity contribution in [3.63, 3.8) is 0 Å². The van der Waals surface area contributed by atoms with Crippen molar-refractivity contribution in [2.75, 3.05) is 12.4 Å². The third-order valence-electron chi connectivity index (χ3n) is 2.92. The molecule has 19 heavy (non-hydrogen) atoms. The summed E-state index contributed by atoms with van der Waals surface area (Å²) in [6.07, 6.45) is 2.74. The molecule has 0 saturated heterocycles. The second kappa shape index (κ2) is 5.81. The van der Waals surface area contributed by atoms with E-state index in [-0.39, 0.29) is 0 Å². The van der Waals surface area contributed by atoms with Gasteiger partial charge >= 0.3 is 0 Å². The summed E-state index contributed by atoms with van der Waals surface area (Å²) in [5.41, 5.74) is 4.16. The molecule has 2 heterocycles. The lowest BCUT2D eigenvalue weighted by Gasteiger charge is -2.11. The lowest BCUT2D eigenvalue weighted by Crippen LogP contribution is -2.06. The van der Waals surface area contributed by atoms with E-state index in [1.165, 1.54) is 0 Å². The fourth-order valence-corrected chi connectivity index (χ4v) is 2.84. The van der Waals surface area contributed by atoms with Gasteiger partial charge in [-0.25, -0.2) is 9.97 Å². The molecular formula is C14H17IN4. The van der Waals surface area contributed by atoms with Gasteiger partial charge < -0.3 is 5.32 Å². The van der Waals surface area contributed by atoms with Crippen molar-refractivity contribution < 1.29 is 0 Å². The minimum absolute atomic E-state index is 0.694. The zero-order chi connectivity index (χ0) is 14.0. The van der Waals surface area contributed by atoms with E-state index in [0.717, 1.165) is 38.3 Å². The summed E-state index contributed by atoms with van der Waals surface area (Å²) < 4.78 is 1.08. The molecule has 0 aromatic carbocycles. The average Bonchev–Trinajstić information content (AvgIpc) is 2.39. The molecule has 0 amide bonds. The molecule has 2 rings (SSSR count). The highest BCUT2D eigenvalue weighted by atomic mass is 127. The van der Waals surface area contributed by atoms with Crippen LogP contribution in [0.3, 0.4) is 0 Å². The molecule has 1 N–H and O–H groups in total. The van der Waals surface area contributed by atoms with Crippen LogP contribution in [0.2, 0.25) is 0 Å². The van der Waals surface area contributed by atoms with Gasteiger partial charge in [0.25, 0.3) is 0 Å². The largest absolute Gasteiger partial charge is 0.372 e. The van der Waals surface area contributed by atoms with Gasteiger partial charge in [0.2, 0.25) is 0 Å². The molecular weight excluding hydrogens is 351 g/mol. The van der Waals surface area contributed by atoms with Crippen LogP contribution < -0.4 is 5.32 Å². The second-order valence-electron chi connectivity index (χ2n) is 4.44. The van der Waals surface area contributed by atoms with Gasteiger partial charge in [0, 0.05) is 13.2 Å². The molecule has 0 fully saturated rings. The predicted molar refractivity (Wildman–Crippen MR) is 86.4 cm³/mol. The van der Waals surface area contributed by atoms with Crippen molar-refractivity contribution in [2.45, 2.75) is 27.2 Å². The lowest BCUT2D eigenvalue weighted by molar-refractivity contribution is 0.980. The molecule has 0 aliphatic carbocycles. The highest BCUT2D eigenvalue weighted by molar-refractivity contribution is 14.1. The Hall–Kier alpha value is -1.24. The van der Waals surface area contributed by atoms with Crippen LogP contribution in [0, 0.1) is 17.4 Å². The van der Waals surface area contributed by atoms with Crippen LogP contribution in [0.15, 0.2) is 12.3 Å². The molecule has 0 saturated carbocycles. The standard InChI is InChI=1S/C14H17IN4/c1-5-10-11(15)13(16-4)19-14(18-10)12-9(3)6-8(2)7-17-12/h6-7H,5H2,1-4H3,(H,16,18,19). The Bertz CT molecular complexity index is 585. The number of halogens is 1. The number of hydrogen-bond donors (Lipinski definition) is 1. The van der Waals surface area contributed by atoms with E-state index in [2.05, 4.69) is 55.8 Å². The Kier molecular flexibility index (Phi) is 4.34. The molecule has 2 aromatic rings. The van der Waals surface area contributed by atoms with Gasteiger partial charge in [-0.1, -0.05) is 13.0 Å². The quantitative estimate of drug-likeness (QED) is 0.845. The van der Waals surface area contributed by atoms with Crippen molar-refractivity contribution in [1.29, 1.82) is 0 Å². The number of pyridine rings is 1. The summed E-state index contributed by atoms with van der Waals surface area (Å²) in [6, 6.07) is 2.11. The van der Waals surface area contributed by atoms with Crippen LogP contribution in [-0.4, -0.2) is 22.0 Å². The summed E-state index contributed by atoms with van der Waals surface area (Å²) in [7, 11) is 1.88. The summed E-state index contributed by atoms with van der Waals surface area (Å²) in [5.74, 6) is 1.56. The Balaban J connectivity index is 2.62. The number of hydrogen-bond acceptors (Lipinski definition) is 4. The van der Waals surface area contributed by atoms with E-state index < -0.39 is 0 Å². The van der Waals surface area contributed by atoms with Gasteiger partial charge in [-0.05, 0) is 54.0 Å². The van der Waals surface area contributed by atoms with Crippen LogP contribution in [0.25, 0.3) is 11.5 Å². The Labute approximate surface area is 127 Å². The van der Waals surface area contributed by atoms with E-state index in [9.17, 15) is 0 Å². The maximum atomic E-state index is 4.64. The van der Waals surface area contributed by atoms with Gasteiger partial charge in [0.15, 0.2) is 5.82 Å². The first-order valence-electron chi connectivity index (χ1n) is 6.24. The minimum Gasteiger partial charge on any atom is -0.372 e. The molecule has 5 heteroatoms. The minimum atomic E-state index is 0.694. The van der Waals surface area contributed by atoms with Crippen molar-refractivity contribution >= 4 is 28.4 Å². The SMILES string of the molecule is CCc1nc(-c2ncc(C)cc2C)nc(NC)c1I. The first-order chi connectivity index (χ1) is 9.06. The van der Waals surface area contributed by atoms with E-state index >= 15 is 0 Å². The molecule has 0 spiro atoms. The summed E-state index contributed by atoms with van der Waals surface area (Å²) in [6.45, 7) is 6.18. The highest BCUT2D eigenvalue weighted by Crippen LogP contribution is 2.25. The lowest BCUT2D eigenvalue weighted by atomic mass is 10.1. The smallest absolute Gasteiger partial charge is 0.180 e. The molecule has 0 aliphatic rings. The zero-order valence-corrected chi connectivity index (χ0v) is 13.7. The van der Waals surface area contributed by atoms with E-state index in [0.29, 0.717) is 5.82 Å². The first kappa shape index (κ1) is 14.2. The maximum absolute atomic E-state index is 4.64. The molecule has 0 radical (unpaired) electrons. The fourth-order valence-electron chi connectivity index (χ4n) is 1.95. The number of nitrogens with zero attached hydrogens (tertiary/aromatic N) is 3. The van der Waals surface area contributed by atoms with E-state index in [4.69, 9.17) is 0 Å². The number of rotatable bonds is 3. The summed E-state index contributed by atoms with van der Waals surface area (Å²) in [4.78, 5) is 13.7. The van der Waals surface area contributed by atoms with Crippen LogP contribution in [0.1, 0.15) is 23.7 Å². The molecule has 4 nitrogen and oxygen atoms in total. The molecule has 0 atom stereocenters. The first-order valence-corrected chi connectivity index (χ1v) is 7.32. The van der Waals surface area contributed by atoms with Gasteiger partial charge in [-0.3, -0.25) is 4.98 Å². The Morgan fingerprint density at radius 2 is 2.00 bits per heavy atom. The van der Waals surface area contributed by atoms with Gasteiger partial charge in [0.05, 0.1) is 9.26 Å². The van der Waals surface area contributed by atoms with Crippen LogP contribution in [0.5, 0.6) is 0 Å². The molecule has 0 unspecified atom stereocenters. The molecule has 100 valence electrons. The molecule has 0 aliphatic heterocycles. The molecule has 0 bridgehead atoms. The zero-order valence-electron chi connectivity index (χ0n) is 11.6. The van der Waals surface area contributed by atoms with Gasteiger partial charge in [-0.15, -0.1) is 0 Å². The maximum Gasteiger partial charge on any atom is 0.180 e. The van der Waals surface area contributed by atoms with Gasteiger partial charge in [-0.2, -0.15) is 0 Å². The number of anilines is 1. The summed E-state index contributed by atoms with van der Waals surface area (Å²) >= 11 is 2.28. The predicted octanol–water partition coefficient (Wildman–Crippen LogP) is 3.36. The number of aromatic nitrogens is 3. The van der Waals surface area contributed by atoms with Crippen molar-refractivity contribution in [1.82, 2.24) is 15.0 Å². The third-order valence-corrected chi connectivity index (χ3v) is 4.05. The van der Waals surface area contributed by atoms with E-state index in [1.807, 2.05) is 27.1 Å². The normalized spacial score (nSPS) is 10.6. The van der Waals surface area contributed by atoms with Crippen LogP contribution in [0.4, 0.5) is 5.82 Å². The van der Waals surface area contributed by atoms with Crippen molar-refractivity contribution in [2.24, 2.45) is 0 Å². The number of aryl methyl sites for hydroxylation is 3. The monoisotopic (exact) mass is 368 g/mol.